The van der Waals surface area contributed by atoms with Gasteiger partial charge >= 0.3 is 0 Å². The molecule has 0 aliphatic carbocycles. The lowest BCUT2D eigenvalue weighted by Gasteiger charge is -2.12. The molecule has 15 heavy (non-hydrogen) atoms. The normalized spacial score (nSPS) is 11.5. The summed E-state index contributed by atoms with van der Waals surface area (Å²) in [5.74, 6) is 1.80. The van der Waals surface area contributed by atoms with E-state index in [1.54, 1.807) is 0 Å². The molecule has 84 valence electrons. The van der Waals surface area contributed by atoms with Gasteiger partial charge in [-0.15, -0.1) is 0 Å². The largest absolute Gasteiger partial charge is 0.238 e. The Kier molecular flexibility index (Phi) is 4.09. The molecule has 3 heteroatoms. The van der Waals surface area contributed by atoms with Crippen molar-refractivity contribution in [2.24, 2.45) is 5.92 Å². The SMILES string of the molecule is Cc1nc(CC(C)C)nc(Cl)c1C(C)C. The molecule has 2 nitrogen and oxygen atoms in total. The van der Waals surface area contributed by atoms with Crippen LogP contribution in [-0.4, -0.2) is 9.97 Å². The first-order chi connectivity index (χ1) is 6.91. The molecule has 0 aliphatic rings. The van der Waals surface area contributed by atoms with Gasteiger partial charge in [0.2, 0.25) is 0 Å². The second-order valence-corrected chi connectivity index (χ2v) is 5.04. The summed E-state index contributed by atoms with van der Waals surface area (Å²) in [5.41, 5.74) is 2.09. The number of aryl methyl sites for hydroxylation is 1. The molecule has 0 unspecified atom stereocenters. The van der Waals surface area contributed by atoms with E-state index in [1.807, 2.05) is 6.92 Å². The first-order valence-electron chi connectivity index (χ1n) is 5.44. The minimum atomic E-state index is 0.380. The van der Waals surface area contributed by atoms with E-state index in [1.165, 1.54) is 0 Å². The van der Waals surface area contributed by atoms with Gasteiger partial charge in [0.15, 0.2) is 0 Å². The molecule has 0 aromatic carbocycles. The van der Waals surface area contributed by atoms with E-state index >= 15 is 0 Å². The fraction of sp³-hybridized carbons (Fsp3) is 0.667. The van der Waals surface area contributed by atoms with Crippen LogP contribution in [0.25, 0.3) is 0 Å². The summed E-state index contributed by atoms with van der Waals surface area (Å²) in [6, 6.07) is 0. The second-order valence-electron chi connectivity index (χ2n) is 4.68. The molecular weight excluding hydrogens is 208 g/mol. The van der Waals surface area contributed by atoms with Gasteiger partial charge in [-0.2, -0.15) is 0 Å². The number of rotatable bonds is 3. The molecule has 0 amide bonds. The van der Waals surface area contributed by atoms with E-state index in [2.05, 4.69) is 37.7 Å². The molecule has 1 aromatic rings. The lowest BCUT2D eigenvalue weighted by atomic mass is 10.0. The zero-order valence-corrected chi connectivity index (χ0v) is 10.9. The molecule has 0 fully saturated rings. The van der Waals surface area contributed by atoms with E-state index in [0.717, 1.165) is 23.5 Å². The fourth-order valence-electron chi connectivity index (χ4n) is 1.71. The van der Waals surface area contributed by atoms with Crippen molar-refractivity contribution in [2.75, 3.05) is 0 Å². The molecule has 0 aliphatic heterocycles. The summed E-state index contributed by atoms with van der Waals surface area (Å²) in [7, 11) is 0. The Hall–Kier alpha value is -0.630. The number of hydrogen-bond donors (Lipinski definition) is 0. The highest BCUT2D eigenvalue weighted by Gasteiger charge is 2.13. The summed E-state index contributed by atoms with van der Waals surface area (Å²) < 4.78 is 0. The summed E-state index contributed by atoms with van der Waals surface area (Å²) in [5, 5.41) is 0.619. The number of aromatic nitrogens is 2. The minimum absolute atomic E-state index is 0.380. The summed E-state index contributed by atoms with van der Waals surface area (Å²) in [6.07, 6.45) is 0.888. The molecule has 0 spiro atoms. The third-order valence-electron chi connectivity index (χ3n) is 2.30. The zero-order valence-electron chi connectivity index (χ0n) is 10.1. The third-order valence-corrected chi connectivity index (χ3v) is 2.59. The molecule has 0 N–H and O–H groups in total. The van der Waals surface area contributed by atoms with Gasteiger partial charge in [-0.25, -0.2) is 9.97 Å². The van der Waals surface area contributed by atoms with E-state index in [4.69, 9.17) is 11.6 Å². The van der Waals surface area contributed by atoms with Crippen molar-refractivity contribution in [1.29, 1.82) is 0 Å². The monoisotopic (exact) mass is 226 g/mol. The van der Waals surface area contributed by atoms with Gasteiger partial charge in [0.05, 0.1) is 0 Å². The van der Waals surface area contributed by atoms with Crippen molar-refractivity contribution >= 4 is 11.6 Å². The van der Waals surface area contributed by atoms with Crippen LogP contribution in [0.1, 0.15) is 50.7 Å². The third kappa shape index (κ3) is 3.16. The smallest absolute Gasteiger partial charge is 0.136 e. The second kappa shape index (κ2) is 4.93. The van der Waals surface area contributed by atoms with Crippen molar-refractivity contribution in [3.63, 3.8) is 0 Å². The average molecular weight is 227 g/mol. The molecule has 1 aromatic heterocycles. The van der Waals surface area contributed by atoms with Crippen LogP contribution in [0.5, 0.6) is 0 Å². The maximum Gasteiger partial charge on any atom is 0.136 e. The highest BCUT2D eigenvalue weighted by Crippen LogP contribution is 2.25. The summed E-state index contributed by atoms with van der Waals surface area (Å²) in [6.45, 7) is 10.5. The Morgan fingerprint density at radius 2 is 1.73 bits per heavy atom. The van der Waals surface area contributed by atoms with Crippen LogP contribution in [-0.2, 0) is 6.42 Å². The standard InChI is InChI=1S/C12H19ClN2/c1-7(2)6-10-14-9(5)11(8(3)4)12(13)15-10/h7-8H,6H2,1-5H3. The van der Waals surface area contributed by atoms with Crippen molar-refractivity contribution in [3.8, 4) is 0 Å². The van der Waals surface area contributed by atoms with Crippen LogP contribution >= 0.6 is 11.6 Å². The molecule has 0 saturated carbocycles. The lowest BCUT2D eigenvalue weighted by molar-refractivity contribution is 0.616. The van der Waals surface area contributed by atoms with E-state index < -0.39 is 0 Å². The Balaban J connectivity index is 3.08. The Morgan fingerprint density at radius 3 is 2.13 bits per heavy atom. The molecule has 1 heterocycles. The minimum Gasteiger partial charge on any atom is -0.238 e. The van der Waals surface area contributed by atoms with Crippen molar-refractivity contribution in [1.82, 2.24) is 9.97 Å². The van der Waals surface area contributed by atoms with Gasteiger partial charge in [0.1, 0.15) is 11.0 Å². The van der Waals surface area contributed by atoms with Gasteiger partial charge in [-0.3, -0.25) is 0 Å². The first kappa shape index (κ1) is 12.4. The maximum absolute atomic E-state index is 6.16. The van der Waals surface area contributed by atoms with Gasteiger partial charge in [-0.05, 0) is 18.8 Å². The first-order valence-corrected chi connectivity index (χ1v) is 5.82. The molecule has 0 saturated heterocycles. The molecular formula is C12H19ClN2. The number of nitrogens with zero attached hydrogens (tertiary/aromatic N) is 2. The van der Waals surface area contributed by atoms with Crippen molar-refractivity contribution < 1.29 is 0 Å². The average Bonchev–Trinajstić information content (AvgIpc) is 1.99. The van der Waals surface area contributed by atoms with Gasteiger partial charge < -0.3 is 0 Å². The predicted octanol–water partition coefficient (Wildman–Crippen LogP) is 3.76. The topological polar surface area (TPSA) is 25.8 Å². The van der Waals surface area contributed by atoms with Gasteiger partial charge in [0.25, 0.3) is 0 Å². The van der Waals surface area contributed by atoms with E-state index in [0.29, 0.717) is 17.0 Å². The summed E-state index contributed by atoms with van der Waals surface area (Å²) in [4.78, 5) is 8.85. The van der Waals surface area contributed by atoms with E-state index in [9.17, 15) is 0 Å². The highest BCUT2D eigenvalue weighted by atomic mass is 35.5. The Labute approximate surface area is 97.1 Å². The molecule has 0 atom stereocenters. The van der Waals surface area contributed by atoms with Crippen LogP contribution in [0, 0.1) is 12.8 Å². The van der Waals surface area contributed by atoms with E-state index in [-0.39, 0.29) is 0 Å². The maximum atomic E-state index is 6.16. The van der Waals surface area contributed by atoms with Crippen LogP contribution < -0.4 is 0 Å². The van der Waals surface area contributed by atoms with Gasteiger partial charge in [0, 0.05) is 17.7 Å². The van der Waals surface area contributed by atoms with Crippen LogP contribution in [0.2, 0.25) is 5.15 Å². The Bertz CT molecular complexity index is 322. The number of halogens is 1. The van der Waals surface area contributed by atoms with Crippen molar-refractivity contribution in [2.45, 2.75) is 47.0 Å². The fourth-order valence-corrected chi connectivity index (χ4v) is 2.17. The summed E-state index contributed by atoms with van der Waals surface area (Å²) >= 11 is 6.16. The van der Waals surface area contributed by atoms with Crippen LogP contribution in [0.3, 0.4) is 0 Å². The number of hydrogen-bond acceptors (Lipinski definition) is 2. The van der Waals surface area contributed by atoms with Crippen LogP contribution in [0.15, 0.2) is 0 Å². The molecule has 1 rings (SSSR count). The zero-order chi connectivity index (χ0) is 11.6. The Morgan fingerprint density at radius 1 is 1.13 bits per heavy atom. The van der Waals surface area contributed by atoms with Gasteiger partial charge in [-0.1, -0.05) is 39.3 Å². The highest BCUT2D eigenvalue weighted by molar-refractivity contribution is 6.30. The molecule has 0 radical (unpaired) electrons. The quantitative estimate of drug-likeness (QED) is 0.734. The predicted molar refractivity (Wildman–Crippen MR) is 64.4 cm³/mol. The lowest BCUT2D eigenvalue weighted by Crippen LogP contribution is -2.06. The molecule has 0 bridgehead atoms. The van der Waals surface area contributed by atoms with Crippen LogP contribution in [0.4, 0.5) is 0 Å². The van der Waals surface area contributed by atoms with Crippen molar-refractivity contribution in [3.05, 3.63) is 22.2 Å².